The third-order valence-corrected chi connectivity index (χ3v) is 3.42. The van der Waals surface area contributed by atoms with E-state index in [0.29, 0.717) is 18.1 Å². The van der Waals surface area contributed by atoms with Gasteiger partial charge in [-0.1, -0.05) is 39.3 Å². The zero-order valence-electron chi connectivity index (χ0n) is 13.7. The molecule has 1 aromatic carbocycles. The van der Waals surface area contributed by atoms with Gasteiger partial charge in [0, 0.05) is 7.11 Å². The molecule has 0 aliphatic heterocycles. The lowest BCUT2D eigenvalue weighted by molar-refractivity contribution is 0.00156. The number of aryl methyl sites for hydroxylation is 1. The van der Waals surface area contributed by atoms with Crippen molar-refractivity contribution in [1.82, 2.24) is 0 Å². The fraction of sp³-hybridized carbons (Fsp3) is 0.611. The van der Waals surface area contributed by atoms with Crippen LogP contribution in [-0.2, 0) is 15.9 Å². The molecule has 1 unspecified atom stereocenters. The number of benzene rings is 1. The number of carbonyl (C=O) groups excluding carboxylic acids is 1. The van der Waals surface area contributed by atoms with Crippen molar-refractivity contribution in [2.45, 2.75) is 52.6 Å². The Morgan fingerprint density at radius 3 is 2.33 bits per heavy atom. The average Bonchev–Trinajstić information content (AvgIpc) is 2.46. The van der Waals surface area contributed by atoms with E-state index in [4.69, 9.17) is 9.47 Å². The molecule has 1 aromatic rings. The van der Waals surface area contributed by atoms with Gasteiger partial charge >= 0.3 is 5.97 Å². The molecule has 0 heterocycles. The maximum Gasteiger partial charge on any atom is 0.338 e. The summed E-state index contributed by atoms with van der Waals surface area (Å²) in [4.78, 5) is 12.2. The van der Waals surface area contributed by atoms with Gasteiger partial charge in [-0.3, -0.25) is 0 Å². The third kappa shape index (κ3) is 6.76. The van der Waals surface area contributed by atoms with Crippen molar-refractivity contribution in [3.05, 3.63) is 35.4 Å². The maximum absolute atomic E-state index is 12.2. The van der Waals surface area contributed by atoms with Crippen LogP contribution in [-0.4, -0.2) is 25.8 Å². The van der Waals surface area contributed by atoms with E-state index in [1.165, 1.54) is 5.56 Å². The van der Waals surface area contributed by atoms with Crippen LogP contribution in [0.2, 0.25) is 0 Å². The fourth-order valence-electron chi connectivity index (χ4n) is 2.20. The van der Waals surface area contributed by atoms with Gasteiger partial charge in [0.1, 0.15) is 6.10 Å². The number of esters is 1. The minimum atomic E-state index is -0.260. The molecular formula is C18H28O3. The highest BCUT2D eigenvalue weighted by atomic mass is 16.6. The Balaban J connectivity index is 2.58. The summed E-state index contributed by atoms with van der Waals surface area (Å²) in [7, 11) is 1.63. The standard InChI is InChI=1S/C18H28O3/c1-5-6-15-8-10-16(11-9-15)18(19)21-17(13-20-4)12-7-14(2)3/h8-11,14,17H,5-7,12-13H2,1-4H3. The molecule has 0 saturated heterocycles. The summed E-state index contributed by atoms with van der Waals surface area (Å²) in [6.07, 6.45) is 3.84. The second-order valence-corrected chi connectivity index (χ2v) is 5.90. The number of rotatable bonds is 9. The van der Waals surface area contributed by atoms with Crippen molar-refractivity contribution >= 4 is 5.97 Å². The van der Waals surface area contributed by atoms with Crippen LogP contribution in [0.4, 0.5) is 0 Å². The van der Waals surface area contributed by atoms with Crippen LogP contribution in [0.3, 0.4) is 0 Å². The van der Waals surface area contributed by atoms with Crippen molar-refractivity contribution in [2.75, 3.05) is 13.7 Å². The van der Waals surface area contributed by atoms with Gasteiger partial charge in [0.05, 0.1) is 12.2 Å². The highest BCUT2D eigenvalue weighted by Crippen LogP contribution is 2.13. The Labute approximate surface area is 128 Å². The number of methoxy groups -OCH3 is 1. The van der Waals surface area contributed by atoms with Crippen LogP contribution in [0.25, 0.3) is 0 Å². The predicted octanol–water partition coefficient (Wildman–Crippen LogP) is 4.25. The number of carbonyl (C=O) groups is 1. The van der Waals surface area contributed by atoms with Crippen molar-refractivity contribution < 1.29 is 14.3 Å². The molecule has 0 aliphatic rings. The molecule has 118 valence electrons. The lowest BCUT2D eigenvalue weighted by atomic mass is 10.0. The molecule has 1 atom stereocenters. The molecule has 0 amide bonds. The van der Waals surface area contributed by atoms with Gasteiger partial charge in [0.25, 0.3) is 0 Å². The van der Waals surface area contributed by atoms with Crippen LogP contribution < -0.4 is 0 Å². The van der Waals surface area contributed by atoms with Crippen molar-refractivity contribution in [1.29, 1.82) is 0 Å². The summed E-state index contributed by atoms with van der Waals surface area (Å²) in [6.45, 7) is 6.93. The first-order chi connectivity index (χ1) is 10.1. The molecular weight excluding hydrogens is 264 g/mol. The number of hydrogen-bond donors (Lipinski definition) is 0. The van der Waals surface area contributed by atoms with E-state index in [1.807, 2.05) is 24.3 Å². The zero-order chi connectivity index (χ0) is 15.7. The fourth-order valence-corrected chi connectivity index (χ4v) is 2.20. The Bertz CT molecular complexity index is 409. The summed E-state index contributed by atoms with van der Waals surface area (Å²) in [5.74, 6) is 0.334. The van der Waals surface area contributed by atoms with Crippen molar-refractivity contribution in [3.63, 3.8) is 0 Å². The van der Waals surface area contributed by atoms with E-state index in [2.05, 4.69) is 20.8 Å². The molecule has 0 saturated carbocycles. The number of ether oxygens (including phenoxy) is 2. The molecule has 0 N–H and O–H groups in total. The van der Waals surface area contributed by atoms with Crippen LogP contribution >= 0.6 is 0 Å². The van der Waals surface area contributed by atoms with E-state index < -0.39 is 0 Å². The monoisotopic (exact) mass is 292 g/mol. The van der Waals surface area contributed by atoms with E-state index in [0.717, 1.165) is 25.7 Å². The van der Waals surface area contributed by atoms with Gasteiger partial charge in [0.15, 0.2) is 0 Å². The van der Waals surface area contributed by atoms with Crippen LogP contribution in [0.5, 0.6) is 0 Å². The van der Waals surface area contributed by atoms with E-state index in [1.54, 1.807) is 7.11 Å². The first-order valence-corrected chi connectivity index (χ1v) is 7.85. The normalized spacial score (nSPS) is 12.4. The summed E-state index contributed by atoms with van der Waals surface area (Å²) >= 11 is 0. The molecule has 0 aromatic heterocycles. The third-order valence-electron chi connectivity index (χ3n) is 3.42. The van der Waals surface area contributed by atoms with E-state index in [-0.39, 0.29) is 12.1 Å². The van der Waals surface area contributed by atoms with E-state index in [9.17, 15) is 4.79 Å². The van der Waals surface area contributed by atoms with Crippen LogP contribution in [0.1, 0.15) is 56.0 Å². The van der Waals surface area contributed by atoms with Crippen LogP contribution in [0.15, 0.2) is 24.3 Å². The van der Waals surface area contributed by atoms with E-state index >= 15 is 0 Å². The highest BCUT2D eigenvalue weighted by Gasteiger charge is 2.16. The minimum Gasteiger partial charge on any atom is -0.456 e. The highest BCUT2D eigenvalue weighted by molar-refractivity contribution is 5.89. The molecule has 21 heavy (non-hydrogen) atoms. The Morgan fingerprint density at radius 2 is 1.81 bits per heavy atom. The quantitative estimate of drug-likeness (QED) is 0.638. The molecule has 0 radical (unpaired) electrons. The van der Waals surface area contributed by atoms with Gasteiger partial charge in [-0.05, 0) is 42.9 Å². The molecule has 1 rings (SSSR count). The lowest BCUT2D eigenvalue weighted by Crippen LogP contribution is -2.23. The number of hydrogen-bond acceptors (Lipinski definition) is 3. The van der Waals surface area contributed by atoms with Gasteiger partial charge in [0.2, 0.25) is 0 Å². The van der Waals surface area contributed by atoms with Crippen molar-refractivity contribution in [3.8, 4) is 0 Å². The first kappa shape index (κ1) is 17.7. The molecule has 0 fully saturated rings. The van der Waals surface area contributed by atoms with Crippen molar-refractivity contribution in [2.24, 2.45) is 5.92 Å². The Hall–Kier alpha value is -1.35. The molecule has 0 spiro atoms. The Kier molecular flexibility index (Phi) is 8.06. The van der Waals surface area contributed by atoms with Gasteiger partial charge in [-0.2, -0.15) is 0 Å². The molecule has 3 nitrogen and oxygen atoms in total. The van der Waals surface area contributed by atoms with Gasteiger partial charge < -0.3 is 9.47 Å². The lowest BCUT2D eigenvalue weighted by Gasteiger charge is -2.18. The predicted molar refractivity (Wildman–Crippen MR) is 85.6 cm³/mol. The summed E-state index contributed by atoms with van der Waals surface area (Å²) in [6, 6.07) is 7.69. The Morgan fingerprint density at radius 1 is 1.14 bits per heavy atom. The van der Waals surface area contributed by atoms with Crippen LogP contribution in [0, 0.1) is 5.92 Å². The van der Waals surface area contributed by atoms with Gasteiger partial charge in [-0.15, -0.1) is 0 Å². The second kappa shape index (κ2) is 9.56. The molecule has 3 heteroatoms. The smallest absolute Gasteiger partial charge is 0.338 e. The molecule has 0 bridgehead atoms. The maximum atomic E-state index is 12.2. The molecule has 0 aliphatic carbocycles. The summed E-state index contributed by atoms with van der Waals surface area (Å²) in [5, 5.41) is 0. The second-order valence-electron chi connectivity index (χ2n) is 5.90. The summed E-state index contributed by atoms with van der Waals surface area (Å²) < 4.78 is 10.7. The topological polar surface area (TPSA) is 35.5 Å². The first-order valence-electron chi connectivity index (χ1n) is 7.85. The zero-order valence-corrected chi connectivity index (χ0v) is 13.7. The summed E-state index contributed by atoms with van der Waals surface area (Å²) in [5.41, 5.74) is 1.86. The van der Waals surface area contributed by atoms with Gasteiger partial charge in [-0.25, -0.2) is 4.79 Å². The minimum absolute atomic E-state index is 0.166. The largest absolute Gasteiger partial charge is 0.456 e. The SMILES string of the molecule is CCCc1ccc(C(=O)OC(CCC(C)C)COC)cc1. The average molecular weight is 292 g/mol.